The van der Waals surface area contributed by atoms with E-state index in [0.29, 0.717) is 5.75 Å². The number of ether oxygens (including phenoxy) is 1. The summed E-state index contributed by atoms with van der Waals surface area (Å²) < 4.78 is 34.3. The Balaban J connectivity index is 2.13. The van der Waals surface area contributed by atoms with Gasteiger partial charge in [-0.25, -0.2) is 8.78 Å². The molecule has 0 atom stereocenters. The van der Waals surface area contributed by atoms with Crippen LogP contribution in [-0.2, 0) is 0 Å². The summed E-state index contributed by atoms with van der Waals surface area (Å²) in [5.74, 6) is -1.81. The highest BCUT2D eigenvalue weighted by Gasteiger charge is 2.13. The molecule has 0 spiro atoms. The highest BCUT2D eigenvalue weighted by atomic mass is 127. The highest BCUT2D eigenvalue weighted by molar-refractivity contribution is 14.1. The lowest BCUT2D eigenvalue weighted by atomic mass is 10.1. The van der Waals surface area contributed by atoms with Crippen molar-refractivity contribution in [2.75, 3.05) is 6.61 Å². The highest BCUT2D eigenvalue weighted by Crippen LogP contribution is 2.29. The number of rotatable bonds is 4. The van der Waals surface area contributed by atoms with Crippen molar-refractivity contribution in [1.82, 2.24) is 0 Å². The van der Waals surface area contributed by atoms with Gasteiger partial charge >= 0.3 is 0 Å². The summed E-state index contributed by atoms with van der Waals surface area (Å²) in [5, 5.41) is 0. The van der Waals surface area contributed by atoms with Crippen molar-refractivity contribution >= 4 is 73.6 Å². The minimum absolute atomic E-state index is 0.0874. The van der Waals surface area contributed by atoms with Crippen LogP contribution in [0.1, 0.15) is 10.4 Å². The monoisotopic (exact) mass is 626 g/mol. The molecule has 2 aromatic rings. The molecule has 0 aliphatic carbocycles. The number of Topliss-reactive ketones (excluding diaryl/α,β-unsaturated/α-hetero) is 1. The molecule has 21 heavy (non-hydrogen) atoms. The van der Waals surface area contributed by atoms with E-state index < -0.39 is 17.4 Å². The van der Waals surface area contributed by atoms with Gasteiger partial charge in [-0.15, -0.1) is 0 Å². The number of benzene rings is 2. The maximum absolute atomic E-state index is 13.1. The molecule has 0 heterocycles. The molecule has 110 valence electrons. The van der Waals surface area contributed by atoms with Crippen molar-refractivity contribution in [2.24, 2.45) is 0 Å². The topological polar surface area (TPSA) is 26.3 Å². The van der Waals surface area contributed by atoms with Crippen LogP contribution in [0.15, 0.2) is 30.3 Å². The molecule has 0 saturated heterocycles. The maximum atomic E-state index is 13.1. The van der Waals surface area contributed by atoms with Crippen molar-refractivity contribution in [3.63, 3.8) is 0 Å². The summed E-state index contributed by atoms with van der Waals surface area (Å²) in [6, 6.07) is 6.92. The predicted molar refractivity (Wildman–Crippen MR) is 101 cm³/mol. The van der Waals surface area contributed by atoms with Gasteiger partial charge in [0.05, 0.1) is 7.14 Å². The van der Waals surface area contributed by atoms with Gasteiger partial charge in [-0.3, -0.25) is 4.79 Å². The lowest BCUT2D eigenvalue weighted by Gasteiger charge is -2.10. The Morgan fingerprint density at radius 3 is 2.19 bits per heavy atom. The van der Waals surface area contributed by atoms with Gasteiger partial charge in [0, 0.05) is 9.13 Å². The van der Waals surface area contributed by atoms with Crippen molar-refractivity contribution in [3.8, 4) is 5.75 Å². The van der Waals surface area contributed by atoms with E-state index in [1.54, 1.807) is 0 Å². The van der Waals surface area contributed by atoms with Crippen LogP contribution >= 0.6 is 67.8 Å². The molecular formula is C14H7F2I3O2. The van der Waals surface area contributed by atoms with Gasteiger partial charge < -0.3 is 4.74 Å². The van der Waals surface area contributed by atoms with Crippen LogP contribution in [-0.4, -0.2) is 12.4 Å². The van der Waals surface area contributed by atoms with E-state index in [4.69, 9.17) is 4.74 Å². The molecule has 2 nitrogen and oxygen atoms in total. The quantitative estimate of drug-likeness (QED) is 0.352. The van der Waals surface area contributed by atoms with E-state index in [9.17, 15) is 13.6 Å². The Kier molecular flexibility index (Phi) is 6.17. The fourth-order valence-electron chi connectivity index (χ4n) is 1.56. The summed E-state index contributed by atoms with van der Waals surface area (Å²) >= 11 is 6.45. The first-order valence-electron chi connectivity index (χ1n) is 5.64. The minimum atomic E-state index is -1.04. The van der Waals surface area contributed by atoms with Crippen molar-refractivity contribution in [1.29, 1.82) is 0 Å². The van der Waals surface area contributed by atoms with Gasteiger partial charge in [0.25, 0.3) is 0 Å². The smallest absolute Gasteiger partial charge is 0.200 e. The molecule has 7 heteroatoms. The number of carbonyl (C=O) groups excluding carboxylic acids is 1. The maximum Gasteiger partial charge on any atom is 0.200 e. The zero-order valence-corrected chi connectivity index (χ0v) is 16.8. The fourth-order valence-corrected chi connectivity index (χ4v) is 5.45. The van der Waals surface area contributed by atoms with Crippen LogP contribution in [0.25, 0.3) is 0 Å². The van der Waals surface area contributed by atoms with E-state index >= 15 is 0 Å². The normalized spacial score (nSPS) is 10.5. The summed E-state index contributed by atoms with van der Waals surface area (Å²) in [7, 11) is 0. The third-order valence-corrected chi connectivity index (χ3v) is 4.78. The van der Waals surface area contributed by atoms with Crippen LogP contribution in [0.2, 0.25) is 0 Å². The molecule has 0 saturated carbocycles. The molecule has 0 radical (unpaired) electrons. The van der Waals surface area contributed by atoms with E-state index in [1.807, 2.05) is 12.1 Å². The number of halogens is 5. The second-order valence-electron chi connectivity index (χ2n) is 4.04. The van der Waals surface area contributed by atoms with Crippen LogP contribution in [0, 0.1) is 22.3 Å². The minimum Gasteiger partial charge on any atom is -0.483 e. The summed E-state index contributed by atoms with van der Waals surface area (Å²) in [5.41, 5.74) is 0.0874. The van der Waals surface area contributed by atoms with Crippen LogP contribution in [0.5, 0.6) is 5.75 Å². The Morgan fingerprint density at radius 2 is 1.62 bits per heavy atom. The van der Waals surface area contributed by atoms with Gasteiger partial charge in [0.2, 0.25) is 0 Å². The molecular weight excluding hydrogens is 619 g/mol. The lowest BCUT2D eigenvalue weighted by Crippen LogP contribution is -2.13. The molecule has 0 fully saturated rings. The number of carbonyl (C=O) groups is 1. The summed E-state index contributed by atoms with van der Waals surface area (Å²) in [4.78, 5) is 12.0. The van der Waals surface area contributed by atoms with Crippen LogP contribution in [0.4, 0.5) is 8.78 Å². The van der Waals surface area contributed by atoms with Crippen molar-refractivity contribution in [3.05, 3.63) is 58.2 Å². The second kappa shape index (κ2) is 7.49. The molecule has 0 aliphatic heterocycles. The molecule has 0 aliphatic rings. The number of hydrogen-bond donors (Lipinski definition) is 0. The molecule has 0 N–H and O–H groups in total. The average molecular weight is 626 g/mol. The molecule has 0 amide bonds. The van der Waals surface area contributed by atoms with E-state index in [2.05, 4.69) is 67.8 Å². The van der Waals surface area contributed by atoms with E-state index in [1.165, 1.54) is 6.07 Å². The Morgan fingerprint density at radius 1 is 1.00 bits per heavy atom. The van der Waals surface area contributed by atoms with Gasteiger partial charge in [-0.05, 0) is 98.1 Å². The van der Waals surface area contributed by atoms with E-state index in [-0.39, 0.29) is 12.2 Å². The SMILES string of the molecule is O=C(COc1c(I)cc(I)cc1I)c1ccc(F)c(F)c1. The second-order valence-corrected chi connectivity index (χ2v) is 7.61. The first-order valence-corrected chi connectivity index (χ1v) is 8.87. The third kappa shape index (κ3) is 4.47. The Hall–Kier alpha value is -0.0400. The third-order valence-electron chi connectivity index (χ3n) is 2.55. The predicted octanol–water partition coefficient (Wildman–Crippen LogP) is 5.04. The summed E-state index contributed by atoms with van der Waals surface area (Å²) in [6.07, 6.45) is 0. The molecule has 0 unspecified atom stereocenters. The lowest BCUT2D eigenvalue weighted by molar-refractivity contribution is 0.0919. The van der Waals surface area contributed by atoms with Gasteiger partial charge in [-0.1, -0.05) is 0 Å². The first kappa shape index (κ1) is 17.3. The van der Waals surface area contributed by atoms with E-state index in [0.717, 1.165) is 22.8 Å². The molecule has 0 bridgehead atoms. The van der Waals surface area contributed by atoms with Crippen molar-refractivity contribution in [2.45, 2.75) is 0 Å². The molecule has 2 aromatic carbocycles. The van der Waals surface area contributed by atoms with Gasteiger partial charge in [0.1, 0.15) is 5.75 Å². The average Bonchev–Trinajstić information content (AvgIpc) is 2.40. The Bertz CT molecular complexity index is 682. The number of ketones is 1. The van der Waals surface area contributed by atoms with Crippen LogP contribution in [0.3, 0.4) is 0 Å². The van der Waals surface area contributed by atoms with Crippen molar-refractivity contribution < 1.29 is 18.3 Å². The Labute approximate surface area is 161 Å². The summed E-state index contributed by atoms with van der Waals surface area (Å²) in [6.45, 7) is -0.225. The molecule has 2 rings (SSSR count). The first-order chi connectivity index (χ1) is 9.88. The molecule has 0 aromatic heterocycles. The zero-order valence-electron chi connectivity index (χ0n) is 10.3. The van der Waals surface area contributed by atoms with Gasteiger partial charge in [0.15, 0.2) is 24.0 Å². The largest absolute Gasteiger partial charge is 0.483 e. The standard InChI is InChI=1S/C14H7F2I3O2/c15-9-2-1-7(3-10(9)16)13(20)6-21-14-11(18)4-8(17)5-12(14)19/h1-5H,6H2. The zero-order chi connectivity index (χ0) is 15.6. The van der Waals surface area contributed by atoms with Gasteiger partial charge in [-0.2, -0.15) is 0 Å². The van der Waals surface area contributed by atoms with Crippen LogP contribution < -0.4 is 4.74 Å². The fraction of sp³-hybridized carbons (Fsp3) is 0.0714. The number of hydrogen-bond acceptors (Lipinski definition) is 2.